The van der Waals surface area contributed by atoms with Crippen LogP contribution in [0.5, 0.6) is 0 Å². The maximum atomic E-state index is 12.2. The van der Waals surface area contributed by atoms with Crippen molar-refractivity contribution < 1.29 is 9.53 Å². The highest BCUT2D eigenvalue weighted by atomic mass is 16.6. The number of hydrogen-bond acceptors (Lipinski definition) is 5. The lowest BCUT2D eigenvalue weighted by Gasteiger charge is -2.28. The molecule has 0 aromatic carbocycles. The highest BCUT2D eigenvalue weighted by Crippen LogP contribution is 2.15. The maximum Gasteiger partial charge on any atom is 0.328 e. The number of aromatic nitrogens is 3. The van der Waals surface area contributed by atoms with Gasteiger partial charge >= 0.3 is 5.97 Å². The second-order valence-corrected chi connectivity index (χ2v) is 6.23. The maximum absolute atomic E-state index is 12.2. The number of esters is 1. The van der Waals surface area contributed by atoms with Crippen molar-refractivity contribution in [3.05, 3.63) is 11.6 Å². The van der Waals surface area contributed by atoms with E-state index in [2.05, 4.69) is 10.1 Å². The molecule has 0 saturated carbocycles. The standard InChI is InChI=1S/C14H26N4O2/c1-7-10-16-11(8-2)18(17-10)9-14(6,15)12(19)20-13(3,4)5/h7-9,15H2,1-6H3. The lowest BCUT2D eigenvalue weighted by atomic mass is 10.0. The largest absolute Gasteiger partial charge is 0.459 e. The molecule has 1 aromatic heterocycles. The summed E-state index contributed by atoms with van der Waals surface area (Å²) >= 11 is 0. The summed E-state index contributed by atoms with van der Waals surface area (Å²) in [6.07, 6.45) is 1.51. The van der Waals surface area contributed by atoms with Crippen LogP contribution in [0.1, 0.15) is 53.2 Å². The Hall–Kier alpha value is -1.43. The van der Waals surface area contributed by atoms with Gasteiger partial charge < -0.3 is 10.5 Å². The SMILES string of the molecule is CCc1nc(CC)n(CC(C)(N)C(=O)OC(C)(C)C)n1. The van der Waals surface area contributed by atoms with Crippen molar-refractivity contribution in [2.75, 3.05) is 0 Å². The van der Waals surface area contributed by atoms with Crippen molar-refractivity contribution in [3.63, 3.8) is 0 Å². The fourth-order valence-corrected chi connectivity index (χ4v) is 1.73. The van der Waals surface area contributed by atoms with Gasteiger partial charge in [0.15, 0.2) is 5.82 Å². The molecule has 0 fully saturated rings. The quantitative estimate of drug-likeness (QED) is 0.827. The lowest BCUT2D eigenvalue weighted by molar-refractivity contribution is -0.161. The highest BCUT2D eigenvalue weighted by molar-refractivity contribution is 5.80. The molecule has 0 aliphatic rings. The molecule has 114 valence electrons. The molecule has 6 heteroatoms. The van der Waals surface area contributed by atoms with Gasteiger partial charge in [-0.25, -0.2) is 14.5 Å². The van der Waals surface area contributed by atoms with Gasteiger partial charge in [0.2, 0.25) is 0 Å². The number of nitrogens with zero attached hydrogens (tertiary/aromatic N) is 3. The van der Waals surface area contributed by atoms with Crippen molar-refractivity contribution in [2.24, 2.45) is 5.73 Å². The van der Waals surface area contributed by atoms with Crippen molar-refractivity contribution in [3.8, 4) is 0 Å². The van der Waals surface area contributed by atoms with E-state index in [1.54, 1.807) is 11.6 Å². The van der Waals surface area contributed by atoms with E-state index in [-0.39, 0.29) is 6.54 Å². The molecule has 0 saturated heterocycles. The minimum atomic E-state index is -1.13. The average molecular weight is 282 g/mol. The second-order valence-electron chi connectivity index (χ2n) is 6.23. The molecule has 0 amide bonds. The van der Waals surface area contributed by atoms with E-state index in [4.69, 9.17) is 10.5 Å². The first kappa shape index (κ1) is 16.6. The van der Waals surface area contributed by atoms with Crippen LogP contribution in [0.2, 0.25) is 0 Å². The Morgan fingerprint density at radius 1 is 1.25 bits per heavy atom. The highest BCUT2D eigenvalue weighted by Gasteiger charge is 2.34. The fourth-order valence-electron chi connectivity index (χ4n) is 1.73. The summed E-state index contributed by atoms with van der Waals surface area (Å²) < 4.78 is 7.07. The Balaban J connectivity index is 2.90. The minimum absolute atomic E-state index is 0.262. The third kappa shape index (κ3) is 4.30. The van der Waals surface area contributed by atoms with Crippen LogP contribution in [-0.4, -0.2) is 31.9 Å². The molecule has 0 aliphatic carbocycles. The fraction of sp³-hybridized carbons (Fsp3) is 0.786. The van der Waals surface area contributed by atoms with Gasteiger partial charge in [-0.2, -0.15) is 5.10 Å². The predicted octanol–water partition coefficient (Wildman–Crippen LogP) is 1.46. The van der Waals surface area contributed by atoms with Crippen LogP contribution in [0, 0.1) is 0 Å². The summed E-state index contributed by atoms with van der Waals surface area (Å²) in [5.41, 5.74) is 4.43. The summed E-state index contributed by atoms with van der Waals surface area (Å²) in [4.78, 5) is 16.6. The first-order chi connectivity index (χ1) is 9.09. The smallest absolute Gasteiger partial charge is 0.328 e. The van der Waals surface area contributed by atoms with Crippen LogP contribution < -0.4 is 5.73 Å². The van der Waals surface area contributed by atoms with E-state index in [1.807, 2.05) is 34.6 Å². The molecule has 0 aliphatic heterocycles. The molecule has 0 radical (unpaired) electrons. The van der Waals surface area contributed by atoms with Gasteiger partial charge in [0.25, 0.3) is 0 Å². The molecule has 20 heavy (non-hydrogen) atoms. The molecule has 0 spiro atoms. The normalized spacial score (nSPS) is 14.9. The van der Waals surface area contributed by atoms with E-state index in [1.165, 1.54) is 0 Å². The number of nitrogens with two attached hydrogens (primary N) is 1. The van der Waals surface area contributed by atoms with Crippen molar-refractivity contribution in [2.45, 2.75) is 72.1 Å². The molecular weight excluding hydrogens is 256 g/mol. The van der Waals surface area contributed by atoms with E-state index in [0.29, 0.717) is 0 Å². The summed E-state index contributed by atoms with van der Waals surface area (Å²) in [6, 6.07) is 0. The third-order valence-electron chi connectivity index (χ3n) is 2.77. The zero-order valence-corrected chi connectivity index (χ0v) is 13.4. The van der Waals surface area contributed by atoms with Crippen LogP contribution in [0.3, 0.4) is 0 Å². The Labute approximate surface area is 120 Å². The molecule has 6 nitrogen and oxygen atoms in total. The van der Waals surface area contributed by atoms with Crippen molar-refractivity contribution >= 4 is 5.97 Å². The molecule has 0 bridgehead atoms. The topological polar surface area (TPSA) is 83.0 Å². The Kier molecular flexibility index (Phi) is 4.91. The molecule has 1 heterocycles. The molecule has 1 unspecified atom stereocenters. The molecule has 1 atom stereocenters. The van der Waals surface area contributed by atoms with Gasteiger partial charge in [-0.1, -0.05) is 13.8 Å². The lowest BCUT2D eigenvalue weighted by Crippen LogP contribution is -2.51. The summed E-state index contributed by atoms with van der Waals surface area (Å²) in [7, 11) is 0. The number of carbonyl (C=O) groups is 1. The molecule has 2 N–H and O–H groups in total. The van der Waals surface area contributed by atoms with Crippen LogP contribution >= 0.6 is 0 Å². The summed E-state index contributed by atoms with van der Waals surface area (Å²) in [5, 5.41) is 4.38. The van der Waals surface area contributed by atoms with E-state index < -0.39 is 17.1 Å². The first-order valence-electron chi connectivity index (χ1n) is 7.04. The summed E-state index contributed by atoms with van der Waals surface area (Å²) in [5.74, 6) is 1.17. The average Bonchev–Trinajstić information content (AvgIpc) is 2.68. The third-order valence-corrected chi connectivity index (χ3v) is 2.77. The Morgan fingerprint density at radius 2 is 1.85 bits per heavy atom. The van der Waals surface area contributed by atoms with Crippen molar-refractivity contribution in [1.82, 2.24) is 14.8 Å². The number of hydrogen-bond donors (Lipinski definition) is 1. The van der Waals surface area contributed by atoms with Gasteiger partial charge in [0.05, 0.1) is 6.54 Å². The van der Waals surface area contributed by atoms with Crippen LogP contribution in [-0.2, 0) is 28.9 Å². The van der Waals surface area contributed by atoms with Crippen LogP contribution in [0.4, 0.5) is 0 Å². The zero-order chi connectivity index (χ0) is 15.6. The van der Waals surface area contributed by atoms with Gasteiger partial charge in [0.1, 0.15) is 17.0 Å². The molecular formula is C14H26N4O2. The Bertz CT molecular complexity index is 472. The van der Waals surface area contributed by atoms with Gasteiger partial charge in [-0.05, 0) is 27.7 Å². The number of ether oxygens (including phenoxy) is 1. The van der Waals surface area contributed by atoms with Gasteiger partial charge in [0, 0.05) is 12.8 Å². The van der Waals surface area contributed by atoms with E-state index in [0.717, 1.165) is 24.5 Å². The zero-order valence-electron chi connectivity index (χ0n) is 13.4. The Morgan fingerprint density at radius 3 is 2.30 bits per heavy atom. The number of rotatable bonds is 5. The number of aryl methyl sites for hydroxylation is 2. The van der Waals surface area contributed by atoms with E-state index in [9.17, 15) is 4.79 Å². The van der Waals surface area contributed by atoms with Gasteiger partial charge in [-0.15, -0.1) is 0 Å². The minimum Gasteiger partial charge on any atom is -0.459 e. The predicted molar refractivity (Wildman–Crippen MR) is 77.2 cm³/mol. The second kappa shape index (κ2) is 5.91. The van der Waals surface area contributed by atoms with E-state index >= 15 is 0 Å². The molecule has 1 rings (SSSR count). The summed E-state index contributed by atoms with van der Waals surface area (Å²) in [6.45, 7) is 11.4. The number of carbonyl (C=O) groups excluding carboxylic acids is 1. The van der Waals surface area contributed by atoms with Crippen molar-refractivity contribution in [1.29, 1.82) is 0 Å². The molecule has 1 aromatic rings. The van der Waals surface area contributed by atoms with Crippen LogP contribution in [0.25, 0.3) is 0 Å². The first-order valence-corrected chi connectivity index (χ1v) is 7.04. The van der Waals surface area contributed by atoms with Crippen LogP contribution in [0.15, 0.2) is 0 Å². The van der Waals surface area contributed by atoms with Gasteiger partial charge in [-0.3, -0.25) is 0 Å². The monoisotopic (exact) mass is 282 g/mol.